The molecule has 0 radical (unpaired) electrons. The number of rotatable bonds is 7. The number of piperidine rings is 1. The van der Waals surface area contributed by atoms with Gasteiger partial charge in [-0.05, 0) is 54.3 Å². The highest BCUT2D eigenvalue weighted by molar-refractivity contribution is 5.46. The summed E-state index contributed by atoms with van der Waals surface area (Å²) in [5.41, 5.74) is 3.04. The summed E-state index contributed by atoms with van der Waals surface area (Å²) in [5.74, 6) is 0. The fourth-order valence-corrected chi connectivity index (χ4v) is 5.36. The molecule has 0 spiro atoms. The van der Waals surface area contributed by atoms with Crippen molar-refractivity contribution in [3.05, 3.63) is 125 Å². The van der Waals surface area contributed by atoms with E-state index >= 15 is 0 Å². The molecular formula is C30H30N4O. The number of likely N-dealkylation sites (tertiary alicyclic amines) is 1. The summed E-state index contributed by atoms with van der Waals surface area (Å²) in [6.07, 6.45) is 8.83. The maximum Gasteiger partial charge on any atom is 0.134 e. The molecule has 5 heteroatoms. The van der Waals surface area contributed by atoms with Crippen molar-refractivity contribution < 1.29 is 5.11 Å². The van der Waals surface area contributed by atoms with Crippen LogP contribution in [0.15, 0.2) is 97.6 Å². The summed E-state index contributed by atoms with van der Waals surface area (Å²) < 4.78 is 1.97. The Labute approximate surface area is 206 Å². The molecule has 1 N–H and O–H groups in total. The molecule has 0 amide bonds. The maximum atomic E-state index is 12.8. The number of aromatic nitrogens is 2. The second kappa shape index (κ2) is 10.3. The summed E-state index contributed by atoms with van der Waals surface area (Å²) in [6.45, 7) is 2.39. The standard InChI is InChI=1S/C30H30N4O/c31-21-25-15-14-24(20-26(25)22-33-19-16-32-23-33)29(34-17-8-3-9-18-34)30(35,27-10-4-1-5-11-27)28-12-6-2-7-13-28/h1-2,4-7,10-16,19-20,23,29,35H,3,8-9,17-18,22H2. The Hall–Kier alpha value is -3.72. The van der Waals surface area contributed by atoms with E-state index in [0.717, 1.165) is 48.2 Å². The minimum Gasteiger partial charge on any atom is -0.378 e. The molecule has 3 aromatic carbocycles. The number of nitrogens with zero attached hydrogens (tertiary/aromatic N) is 4. The zero-order valence-corrected chi connectivity index (χ0v) is 19.8. The van der Waals surface area contributed by atoms with Gasteiger partial charge in [-0.15, -0.1) is 0 Å². The molecule has 1 aromatic heterocycles. The number of nitriles is 1. The third kappa shape index (κ3) is 4.64. The van der Waals surface area contributed by atoms with Crippen molar-refractivity contribution in [1.82, 2.24) is 14.5 Å². The molecule has 35 heavy (non-hydrogen) atoms. The number of hydrogen-bond acceptors (Lipinski definition) is 4. The van der Waals surface area contributed by atoms with Crippen LogP contribution in [-0.2, 0) is 12.1 Å². The lowest BCUT2D eigenvalue weighted by molar-refractivity contribution is -0.0299. The number of benzene rings is 3. The van der Waals surface area contributed by atoms with Crippen LogP contribution in [0.5, 0.6) is 0 Å². The first kappa shape index (κ1) is 23.0. The quantitative estimate of drug-likeness (QED) is 0.407. The van der Waals surface area contributed by atoms with Crippen LogP contribution in [0, 0.1) is 11.3 Å². The molecule has 1 atom stereocenters. The fourth-order valence-electron chi connectivity index (χ4n) is 5.36. The summed E-state index contributed by atoms with van der Waals surface area (Å²) in [7, 11) is 0. The van der Waals surface area contributed by atoms with Crippen molar-refractivity contribution in [2.45, 2.75) is 37.5 Å². The van der Waals surface area contributed by atoms with E-state index < -0.39 is 5.60 Å². The number of aliphatic hydroxyl groups is 1. The topological polar surface area (TPSA) is 65.1 Å². The molecule has 1 aliphatic rings. The van der Waals surface area contributed by atoms with Crippen LogP contribution in [0.3, 0.4) is 0 Å². The first-order chi connectivity index (χ1) is 17.2. The first-order valence-corrected chi connectivity index (χ1v) is 12.3. The normalized spacial score (nSPS) is 15.4. The molecule has 1 saturated heterocycles. The smallest absolute Gasteiger partial charge is 0.134 e. The van der Waals surface area contributed by atoms with Crippen molar-refractivity contribution in [3.63, 3.8) is 0 Å². The molecule has 2 heterocycles. The monoisotopic (exact) mass is 462 g/mol. The van der Waals surface area contributed by atoms with Gasteiger partial charge in [0, 0.05) is 18.9 Å². The van der Waals surface area contributed by atoms with Crippen molar-refractivity contribution in [3.8, 4) is 6.07 Å². The number of hydrogen-bond donors (Lipinski definition) is 1. The lowest BCUT2D eigenvalue weighted by atomic mass is 9.75. The Morgan fingerprint density at radius 3 is 2.14 bits per heavy atom. The molecule has 4 aromatic rings. The maximum absolute atomic E-state index is 12.8. The molecule has 0 saturated carbocycles. The summed E-state index contributed by atoms with van der Waals surface area (Å²) >= 11 is 0. The van der Waals surface area contributed by atoms with Crippen LogP contribution in [0.1, 0.15) is 53.1 Å². The molecule has 0 bridgehead atoms. The highest BCUT2D eigenvalue weighted by atomic mass is 16.3. The van der Waals surface area contributed by atoms with Crippen molar-refractivity contribution >= 4 is 0 Å². The lowest BCUT2D eigenvalue weighted by Gasteiger charge is -2.45. The molecular weight excluding hydrogens is 432 g/mol. The van der Waals surface area contributed by atoms with Gasteiger partial charge in [0.05, 0.1) is 24.0 Å². The summed E-state index contributed by atoms with van der Waals surface area (Å²) in [4.78, 5) is 6.58. The van der Waals surface area contributed by atoms with E-state index in [1.807, 2.05) is 83.6 Å². The minimum absolute atomic E-state index is 0.304. The van der Waals surface area contributed by atoms with E-state index in [4.69, 9.17) is 0 Å². The van der Waals surface area contributed by atoms with Gasteiger partial charge in [0.15, 0.2) is 0 Å². The second-order valence-corrected chi connectivity index (χ2v) is 9.26. The Bertz CT molecular complexity index is 1230. The average molecular weight is 463 g/mol. The average Bonchev–Trinajstić information content (AvgIpc) is 3.44. The van der Waals surface area contributed by atoms with Crippen molar-refractivity contribution in [2.24, 2.45) is 0 Å². The Morgan fingerprint density at radius 1 is 0.914 bits per heavy atom. The van der Waals surface area contributed by atoms with Crippen LogP contribution in [0.2, 0.25) is 0 Å². The predicted octanol–water partition coefficient (Wildman–Crippen LogP) is 5.27. The SMILES string of the molecule is N#Cc1ccc(C(N2CCCCC2)C(O)(c2ccccc2)c2ccccc2)cc1Cn1ccnc1. The van der Waals surface area contributed by atoms with E-state index in [9.17, 15) is 10.4 Å². The summed E-state index contributed by atoms with van der Waals surface area (Å²) in [6, 6.07) is 28.0. The van der Waals surface area contributed by atoms with Gasteiger partial charge < -0.3 is 9.67 Å². The Morgan fingerprint density at radius 2 is 1.57 bits per heavy atom. The van der Waals surface area contributed by atoms with Gasteiger partial charge in [-0.25, -0.2) is 4.98 Å². The zero-order valence-electron chi connectivity index (χ0n) is 19.8. The van der Waals surface area contributed by atoms with Gasteiger partial charge >= 0.3 is 0 Å². The highest BCUT2D eigenvalue weighted by Crippen LogP contribution is 2.45. The first-order valence-electron chi connectivity index (χ1n) is 12.3. The largest absolute Gasteiger partial charge is 0.378 e. The zero-order chi connectivity index (χ0) is 24.1. The third-order valence-electron chi connectivity index (χ3n) is 7.06. The summed E-state index contributed by atoms with van der Waals surface area (Å²) in [5, 5.41) is 22.6. The molecule has 176 valence electrons. The molecule has 0 aliphatic carbocycles. The Kier molecular flexibility index (Phi) is 6.76. The molecule has 1 unspecified atom stereocenters. The van der Waals surface area contributed by atoms with Gasteiger partial charge in [-0.3, -0.25) is 4.90 Å². The second-order valence-electron chi connectivity index (χ2n) is 9.26. The molecule has 1 fully saturated rings. The van der Waals surface area contributed by atoms with Gasteiger partial charge in [-0.2, -0.15) is 5.26 Å². The van der Waals surface area contributed by atoms with E-state index in [2.05, 4.69) is 22.0 Å². The molecule has 5 rings (SSSR count). The van der Waals surface area contributed by atoms with Crippen LogP contribution in [0.25, 0.3) is 0 Å². The third-order valence-corrected chi connectivity index (χ3v) is 7.06. The molecule has 1 aliphatic heterocycles. The predicted molar refractivity (Wildman–Crippen MR) is 137 cm³/mol. The van der Waals surface area contributed by atoms with Gasteiger partial charge in [0.25, 0.3) is 0 Å². The highest BCUT2D eigenvalue weighted by Gasteiger charge is 2.44. The van der Waals surface area contributed by atoms with Gasteiger partial charge in [0.2, 0.25) is 0 Å². The van der Waals surface area contributed by atoms with Crippen molar-refractivity contribution in [2.75, 3.05) is 13.1 Å². The van der Waals surface area contributed by atoms with E-state index in [1.54, 1.807) is 12.5 Å². The lowest BCUT2D eigenvalue weighted by Crippen LogP contribution is -2.47. The van der Waals surface area contributed by atoms with Crippen LogP contribution < -0.4 is 0 Å². The minimum atomic E-state index is -1.26. The Balaban J connectivity index is 1.69. The van der Waals surface area contributed by atoms with Crippen LogP contribution >= 0.6 is 0 Å². The van der Waals surface area contributed by atoms with Crippen LogP contribution in [-0.4, -0.2) is 32.6 Å². The fraction of sp³-hybridized carbons (Fsp3) is 0.267. The van der Waals surface area contributed by atoms with E-state index in [1.165, 1.54) is 6.42 Å². The molecule has 5 nitrogen and oxygen atoms in total. The van der Waals surface area contributed by atoms with Gasteiger partial charge in [-0.1, -0.05) is 79.2 Å². The van der Waals surface area contributed by atoms with E-state index in [0.29, 0.717) is 12.1 Å². The van der Waals surface area contributed by atoms with Crippen LogP contribution in [0.4, 0.5) is 0 Å². The van der Waals surface area contributed by atoms with Gasteiger partial charge in [0.1, 0.15) is 5.60 Å². The van der Waals surface area contributed by atoms with Crippen molar-refractivity contribution in [1.29, 1.82) is 5.26 Å². The van der Waals surface area contributed by atoms with E-state index in [-0.39, 0.29) is 6.04 Å². The number of imidazole rings is 1.